The summed E-state index contributed by atoms with van der Waals surface area (Å²) >= 11 is 0. The SMILES string of the molecule is O=C(C[C@@H]1Cc2ccccc2O1)OCc1ccccc1. The van der Waals surface area contributed by atoms with Crippen molar-refractivity contribution in [2.24, 2.45) is 0 Å². The highest BCUT2D eigenvalue weighted by atomic mass is 16.5. The maximum Gasteiger partial charge on any atom is 0.309 e. The van der Waals surface area contributed by atoms with Crippen molar-refractivity contribution in [2.45, 2.75) is 25.6 Å². The minimum absolute atomic E-state index is 0.101. The largest absolute Gasteiger partial charge is 0.489 e. The van der Waals surface area contributed by atoms with Gasteiger partial charge in [-0.05, 0) is 17.2 Å². The molecule has 0 fully saturated rings. The lowest BCUT2D eigenvalue weighted by Gasteiger charge is -2.10. The first-order valence-corrected chi connectivity index (χ1v) is 6.75. The summed E-state index contributed by atoms with van der Waals surface area (Å²) < 4.78 is 11.0. The summed E-state index contributed by atoms with van der Waals surface area (Å²) in [4.78, 5) is 11.8. The van der Waals surface area contributed by atoms with Crippen LogP contribution in [0.5, 0.6) is 5.75 Å². The van der Waals surface area contributed by atoms with Gasteiger partial charge in [0.2, 0.25) is 0 Å². The van der Waals surface area contributed by atoms with Gasteiger partial charge in [-0.2, -0.15) is 0 Å². The van der Waals surface area contributed by atoms with Crippen LogP contribution in [0, 0.1) is 0 Å². The van der Waals surface area contributed by atoms with E-state index in [1.807, 2.05) is 54.6 Å². The molecule has 1 aliphatic heterocycles. The first-order chi connectivity index (χ1) is 9.81. The molecule has 2 aromatic rings. The molecule has 0 bridgehead atoms. The maximum atomic E-state index is 11.8. The minimum atomic E-state index is -0.216. The lowest BCUT2D eigenvalue weighted by molar-refractivity contribution is -0.146. The van der Waals surface area contributed by atoms with Crippen LogP contribution in [0.15, 0.2) is 54.6 Å². The van der Waals surface area contributed by atoms with E-state index in [9.17, 15) is 4.79 Å². The molecule has 2 aromatic carbocycles. The van der Waals surface area contributed by atoms with E-state index >= 15 is 0 Å². The minimum Gasteiger partial charge on any atom is -0.489 e. The number of hydrogen-bond donors (Lipinski definition) is 0. The zero-order chi connectivity index (χ0) is 13.8. The molecule has 20 heavy (non-hydrogen) atoms. The van der Waals surface area contributed by atoms with E-state index < -0.39 is 0 Å². The third-order valence-electron chi connectivity index (χ3n) is 3.35. The number of ether oxygens (including phenoxy) is 2. The Morgan fingerprint density at radius 3 is 2.65 bits per heavy atom. The fourth-order valence-corrected chi connectivity index (χ4v) is 2.35. The van der Waals surface area contributed by atoms with Crippen molar-refractivity contribution in [1.29, 1.82) is 0 Å². The maximum absolute atomic E-state index is 11.8. The van der Waals surface area contributed by atoms with Crippen molar-refractivity contribution in [3.05, 3.63) is 65.7 Å². The molecule has 0 N–H and O–H groups in total. The van der Waals surface area contributed by atoms with Gasteiger partial charge in [0, 0.05) is 6.42 Å². The van der Waals surface area contributed by atoms with Crippen molar-refractivity contribution in [3.8, 4) is 5.75 Å². The third-order valence-corrected chi connectivity index (χ3v) is 3.35. The number of rotatable bonds is 4. The highest BCUT2D eigenvalue weighted by molar-refractivity contribution is 5.70. The quantitative estimate of drug-likeness (QED) is 0.799. The summed E-state index contributed by atoms with van der Waals surface area (Å²) in [6.07, 6.45) is 0.966. The lowest BCUT2D eigenvalue weighted by Crippen LogP contribution is -2.19. The van der Waals surface area contributed by atoms with Crippen LogP contribution in [0.4, 0.5) is 0 Å². The molecule has 0 radical (unpaired) electrons. The molecule has 0 unspecified atom stereocenters. The Labute approximate surface area is 118 Å². The van der Waals surface area contributed by atoms with Gasteiger partial charge < -0.3 is 9.47 Å². The molecule has 3 nitrogen and oxygen atoms in total. The van der Waals surface area contributed by atoms with Crippen LogP contribution >= 0.6 is 0 Å². The average molecular weight is 268 g/mol. The van der Waals surface area contributed by atoms with E-state index in [0.717, 1.165) is 23.3 Å². The first-order valence-electron chi connectivity index (χ1n) is 6.75. The van der Waals surface area contributed by atoms with Crippen LogP contribution in [0.2, 0.25) is 0 Å². The van der Waals surface area contributed by atoms with Gasteiger partial charge in [-0.3, -0.25) is 4.79 Å². The van der Waals surface area contributed by atoms with Gasteiger partial charge in [0.25, 0.3) is 0 Å². The highest BCUT2D eigenvalue weighted by Gasteiger charge is 2.25. The van der Waals surface area contributed by atoms with E-state index in [1.54, 1.807) is 0 Å². The molecular formula is C17H16O3. The molecule has 0 aromatic heterocycles. The summed E-state index contributed by atoms with van der Waals surface area (Å²) in [5, 5.41) is 0. The van der Waals surface area contributed by atoms with E-state index in [4.69, 9.17) is 9.47 Å². The number of benzene rings is 2. The summed E-state index contributed by atoms with van der Waals surface area (Å²) in [6, 6.07) is 17.6. The molecular weight excluding hydrogens is 252 g/mol. The van der Waals surface area contributed by atoms with E-state index in [1.165, 1.54) is 0 Å². The smallest absolute Gasteiger partial charge is 0.309 e. The van der Waals surface area contributed by atoms with Crippen LogP contribution in [0.25, 0.3) is 0 Å². The van der Waals surface area contributed by atoms with Gasteiger partial charge >= 0.3 is 5.97 Å². The summed E-state index contributed by atoms with van der Waals surface area (Å²) in [6.45, 7) is 0.319. The monoisotopic (exact) mass is 268 g/mol. The average Bonchev–Trinajstić information content (AvgIpc) is 2.88. The number of fused-ring (bicyclic) bond motifs is 1. The first kappa shape index (κ1) is 12.7. The van der Waals surface area contributed by atoms with Gasteiger partial charge in [0.05, 0.1) is 6.42 Å². The molecule has 3 heteroatoms. The van der Waals surface area contributed by atoms with Crippen molar-refractivity contribution in [1.82, 2.24) is 0 Å². The van der Waals surface area contributed by atoms with Gasteiger partial charge in [0.1, 0.15) is 18.5 Å². The Bertz CT molecular complexity index is 567. The van der Waals surface area contributed by atoms with E-state index in [2.05, 4.69) is 0 Å². The molecule has 1 aliphatic rings. The van der Waals surface area contributed by atoms with Crippen LogP contribution in [0.3, 0.4) is 0 Å². The lowest BCUT2D eigenvalue weighted by atomic mass is 10.1. The van der Waals surface area contributed by atoms with E-state index in [-0.39, 0.29) is 12.1 Å². The number of para-hydroxylation sites is 1. The second-order valence-corrected chi connectivity index (χ2v) is 4.90. The number of hydrogen-bond acceptors (Lipinski definition) is 3. The molecule has 3 rings (SSSR count). The molecule has 0 saturated heterocycles. The van der Waals surface area contributed by atoms with Crippen molar-refractivity contribution in [2.75, 3.05) is 0 Å². The standard InChI is InChI=1S/C17H16O3/c18-17(19-12-13-6-2-1-3-7-13)11-15-10-14-8-4-5-9-16(14)20-15/h1-9,15H,10-12H2/t15-/m0/s1. The highest BCUT2D eigenvalue weighted by Crippen LogP contribution is 2.29. The summed E-state index contributed by atoms with van der Waals surface area (Å²) in [5.74, 6) is 0.667. The Hall–Kier alpha value is -2.29. The molecule has 1 atom stereocenters. The predicted molar refractivity (Wildman–Crippen MR) is 75.4 cm³/mol. The second kappa shape index (κ2) is 5.78. The van der Waals surface area contributed by atoms with Gasteiger partial charge in [-0.25, -0.2) is 0 Å². The fourth-order valence-electron chi connectivity index (χ4n) is 2.35. The molecule has 0 spiro atoms. The molecule has 1 heterocycles. The number of carbonyl (C=O) groups excluding carboxylic acids is 1. The van der Waals surface area contributed by atoms with Gasteiger partial charge in [-0.15, -0.1) is 0 Å². The van der Waals surface area contributed by atoms with Crippen LogP contribution < -0.4 is 4.74 Å². The third kappa shape index (κ3) is 2.99. The van der Waals surface area contributed by atoms with Crippen molar-refractivity contribution in [3.63, 3.8) is 0 Å². The molecule has 0 aliphatic carbocycles. The van der Waals surface area contributed by atoms with Crippen LogP contribution in [-0.2, 0) is 22.6 Å². The summed E-state index contributed by atoms with van der Waals surface area (Å²) in [7, 11) is 0. The summed E-state index contributed by atoms with van der Waals surface area (Å²) in [5.41, 5.74) is 2.16. The van der Waals surface area contributed by atoms with E-state index in [0.29, 0.717) is 13.0 Å². The Morgan fingerprint density at radius 2 is 1.85 bits per heavy atom. The Morgan fingerprint density at radius 1 is 1.10 bits per heavy atom. The van der Waals surface area contributed by atoms with Gasteiger partial charge in [0.15, 0.2) is 0 Å². The zero-order valence-corrected chi connectivity index (χ0v) is 11.1. The zero-order valence-electron chi connectivity index (χ0n) is 11.1. The predicted octanol–water partition coefficient (Wildman–Crippen LogP) is 3.12. The Kier molecular flexibility index (Phi) is 3.68. The number of carbonyl (C=O) groups is 1. The van der Waals surface area contributed by atoms with Crippen LogP contribution in [0.1, 0.15) is 17.5 Å². The molecule has 0 saturated carbocycles. The molecule has 0 amide bonds. The van der Waals surface area contributed by atoms with Gasteiger partial charge in [-0.1, -0.05) is 48.5 Å². The Balaban J connectivity index is 1.49. The fraction of sp³-hybridized carbons (Fsp3) is 0.235. The topological polar surface area (TPSA) is 35.5 Å². The second-order valence-electron chi connectivity index (χ2n) is 4.90. The van der Waals surface area contributed by atoms with Crippen molar-refractivity contribution >= 4 is 5.97 Å². The van der Waals surface area contributed by atoms with Crippen molar-refractivity contribution < 1.29 is 14.3 Å². The van der Waals surface area contributed by atoms with Crippen LogP contribution in [-0.4, -0.2) is 12.1 Å². The molecule has 102 valence electrons. The number of esters is 1. The normalized spacial score (nSPS) is 16.3.